The molecule has 2 aromatic rings. The maximum atomic E-state index is 12.5. The van der Waals surface area contributed by atoms with E-state index in [0.29, 0.717) is 11.6 Å². The fraction of sp³-hybridized carbons (Fsp3) is 0.542. The molecule has 7 heteroatoms. The van der Waals surface area contributed by atoms with E-state index in [9.17, 15) is 4.79 Å². The van der Waals surface area contributed by atoms with Crippen LogP contribution in [0.4, 0.5) is 5.82 Å². The smallest absolute Gasteiger partial charge is 0.223 e. The van der Waals surface area contributed by atoms with Crippen molar-refractivity contribution < 1.29 is 4.79 Å². The minimum Gasteiger partial charge on any atom is -0.356 e. The number of carbonyl (C=O) groups excluding carboxylic acids is 1. The number of anilines is 1. The van der Waals surface area contributed by atoms with Crippen LogP contribution >= 0.6 is 11.6 Å². The second-order valence-electron chi connectivity index (χ2n) is 8.87. The first-order valence-corrected chi connectivity index (χ1v) is 11.7. The van der Waals surface area contributed by atoms with Gasteiger partial charge in [0.1, 0.15) is 5.82 Å². The second-order valence-corrected chi connectivity index (χ2v) is 9.31. The number of hydrogen-bond donors (Lipinski definition) is 1. The van der Waals surface area contributed by atoms with E-state index >= 15 is 0 Å². The van der Waals surface area contributed by atoms with Crippen LogP contribution in [0.15, 0.2) is 24.3 Å². The topological polar surface area (TPSA) is 61.4 Å². The summed E-state index contributed by atoms with van der Waals surface area (Å²) >= 11 is 6.22. The molecule has 1 saturated heterocycles. The Balaban J connectivity index is 1.50. The van der Waals surface area contributed by atoms with Gasteiger partial charge in [-0.2, -0.15) is 0 Å². The lowest BCUT2D eigenvalue weighted by molar-refractivity contribution is -0.125. The molecule has 1 amide bonds. The Labute approximate surface area is 190 Å². The quantitative estimate of drug-likeness (QED) is 0.742. The lowest BCUT2D eigenvalue weighted by Gasteiger charge is -2.34. The SMILES string of the molecule is CN(C)CCNC(=O)C1CCN(c2nc(-c3cccc(Cl)c3)nc3c2CCCC3)CC1. The van der Waals surface area contributed by atoms with Crippen molar-refractivity contribution in [2.45, 2.75) is 38.5 Å². The molecule has 1 N–H and O–H groups in total. The number of halogens is 1. The van der Waals surface area contributed by atoms with Crippen molar-refractivity contribution >= 4 is 23.3 Å². The Morgan fingerprint density at radius 3 is 2.71 bits per heavy atom. The third-order valence-corrected chi connectivity index (χ3v) is 6.50. The van der Waals surface area contributed by atoms with E-state index in [0.717, 1.165) is 62.5 Å². The van der Waals surface area contributed by atoms with E-state index in [-0.39, 0.29) is 11.8 Å². The van der Waals surface area contributed by atoms with Crippen molar-refractivity contribution in [1.29, 1.82) is 0 Å². The number of likely N-dealkylation sites (N-methyl/N-ethyl adjacent to an activating group) is 1. The van der Waals surface area contributed by atoms with Gasteiger partial charge in [-0.25, -0.2) is 9.97 Å². The van der Waals surface area contributed by atoms with E-state index in [1.54, 1.807) is 0 Å². The summed E-state index contributed by atoms with van der Waals surface area (Å²) in [5.41, 5.74) is 3.43. The molecule has 31 heavy (non-hydrogen) atoms. The number of hydrogen-bond acceptors (Lipinski definition) is 5. The molecule has 0 saturated carbocycles. The van der Waals surface area contributed by atoms with E-state index in [4.69, 9.17) is 21.6 Å². The largest absolute Gasteiger partial charge is 0.356 e. The number of carbonyl (C=O) groups is 1. The Morgan fingerprint density at radius 1 is 1.19 bits per heavy atom. The number of benzene rings is 1. The molecular weight excluding hydrogens is 410 g/mol. The molecule has 0 bridgehead atoms. The van der Waals surface area contributed by atoms with E-state index in [1.807, 2.05) is 38.4 Å². The Kier molecular flexibility index (Phi) is 7.08. The Bertz CT molecular complexity index is 924. The third kappa shape index (κ3) is 5.36. The molecule has 6 nitrogen and oxygen atoms in total. The molecule has 1 aliphatic heterocycles. The highest BCUT2D eigenvalue weighted by Gasteiger charge is 2.28. The summed E-state index contributed by atoms with van der Waals surface area (Å²) in [6.45, 7) is 3.27. The first kappa shape index (κ1) is 22.0. The van der Waals surface area contributed by atoms with Crippen LogP contribution in [0.25, 0.3) is 11.4 Å². The minimum absolute atomic E-state index is 0.0866. The summed E-state index contributed by atoms with van der Waals surface area (Å²) in [6, 6.07) is 7.77. The van der Waals surface area contributed by atoms with Gasteiger partial charge in [-0.15, -0.1) is 0 Å². The molecule has 166 valence electrons. The fourth-order valence-corrected chi connectivity index (χ4v) is 4.68. The fourth-order valence-electron chi connectivity index (χ4n) is 4.49. The highest BCUT2D eigenvalue weighted by atomic mass is 35.5. The maximum absolute atomic E-state index is 12.5. The molecule has 2 aliphatic rings. The van der Waals surface area contributed by atoms with Gasteiger partial charge < -0.3 is 15.1 Å². The second kappa shape index (κ2) is 9.96. The van der Waals surface area contributed by atoms with Crippen LogP contribution in [-0.4, -0.2) is 61.0 Å². The number of rotatable bonds is 6. The van der Waals surface area contributed by atoms with Gasteiger partial charge in [0, 0.05) is 53.9 Å². The molecule has 0 atom stereocenters. The lowest BCUT2D eigenvalue weighted by Crippen LogP contribution is -2.42. The zero-order valence-corrected chi connectivity index (χ0v) is 19.3. The van der Waals surface area contributed by atoms with Crippen LogP contribution in [0.3, 0.4) is 0 Å². The zero-order valence-electron chi connectivity index (χ0n) is 18.5. The lowest BCUT2D eigenvalue weighted by atomic mass is 9.93. The van der Waals surface area contributed by atoms with Crippen molar-refractivity contribution in [3.63, 3.8) is 0 Å². The molecule has 1 aromatic carbocycles. The molecule has 1 aliphatic carbocycles. The van der Waals surface area contributed by atoms with Crippen molar-refractivity contribution in [3.05, 3.63) is 40.5 Å². The summed E-state index contributed by atoms with van der Waals surface area (Å²) in [6.07, 6.45) is 6.12. The number of aryl methyl sites for hydroxylation is 1. The normalized spacial score (nSPS) is 17.0. The number of piperidine rings is 1. The maximum Gasteiger partial charge on any atom is 0.223 e. The molecule has 1 fully saturated rings. The third-order valence-electron chi connectivity index (χ3n) is 6.27. The number of nitrogens with one attached hydrogen (secondary N) is 1. The predicted octanol–water partition coefficient (Wildman–Crippen LogP) is 3.57. The average Bonchev–Trinajstić information content (AvgIpc) is 2.78. The Hall–Kier alpha value is -2.18. The average molecular weight is 442 g/mol. The van der Waals surface area contributed by atoms with Crippen LogP contribution in [0.1, 0.15) is 36.9 Å². The van der Waals surface area contributed by atoms with Gasteiger partial charge >= 0.3 is 0 Å². The van der Waals surface area contributed by atoms with Crippen LogP contribution in [0.2, 0.25) is 5.02 Å². The van der Waals surface area contributed by atoms with E-state index in [1.165, 1.54) is 24.1 Å². The van der Waals surface area contributed by atoms with Gasteiger partial charge in [0.2, 0.25) is 5.91 Å². The number of fused-ring (bicyclic) bond motifs is 1. The number of aromatic nitrogens is 2. The van der Waals surface area contributed by atoms with Crippen LogP contribution < -0.4 is 10.2 Å². The van der Waals surface area contributed by atoms with Crippen LogP contribution in [0, 0.1) is 5.92 Å². The van der Waals surface area contributed by atoms with Gasteiger partial charge in [-0.1, -0.05) is 23.7 Å². The van der Waals surface area contributed by atoms with Crippen molar-refractivity contribution in [3.8, 4) is 11.4 Å². The van der Waals surface area contributed by atoms with Crippen LogP contribution in [-0.2, 0) is 17.6 Å². The molecule has 0 spiro atoms. The van der Waals surface area contributed by atoms with E-state index in [2.05, 4.69) is 15.1 Å². The summed E-state index contributed by atoms with van der Waals surface area (Å²) < 4.78 is 0. The van der Waals surface area contributed by atoms with Gasteiger partial charge in [0.25, 0.3) is 0 Å². The van der Waals surface area contributed by atoms with Crippen molar-refractivity contribution in [1.82, 2.24) is 20.2 Å². The summed E-state index contributed by atoms with van der Waals surface area (Å²) in [5.74, 6) is 2.09. The molecule has 0 radical (unpaired) electrons. The monoisotopic (exact) mass is 441 g/mol. The van der Waals surface area contributed by atoms with Crippen molar-refractivity contribution in [2.75, 3.05) is 45.2 Å². The zero-order chi connectivity index (χ0) is 21.8. The molecule has 1 aromatic heterocycles. The molecule has 2 heterocycles. The summed E-state index contributed by atoms with van der Waals surface area (Å²) in [5, 5.41) is 3.78. The highest BCUT2D eigenvalue weighted by molar-refractivity contribution is 6.30. The van der Waals surface area contributed by atoms with Gasteiger partial charge in [0.15, 0.2) is 5.82 Å². The molecule has 0 unspecified atom stereocenters. The number of nitrogens with zero attached hydrogens (tertiary/aromatic N) is 4. The number of amides is 1. The standard InChI is InChI=1S/C24H32ClN5O/c1-29(2)15-12-26-24(31)17-10-13-30(14-11-17)23-20-8-3-4-9-21(20)27-22(28-23)18-6-5-7-19(25)16-18/h5-7,16-17H,3-4,8-15H2,1-2H3,(H,26,31). The van der Waals surface area contributed by atoms with Gasteiger partial charge in [0.05, 0.1) is 0 Å². The summed E-state index contributed by atoms with van der Waals surface area (Å²) in [4.78, 5) is 26.9. The molecule has 4 rings (SSSR count). The summed E-state index contributed by atoms with van der Waals surface area (Å²) in [7, 11) is 4.04. The van der Waals surface area contributed by atoms with Crippen molar-refractivity contribution in [2.24, 2.45) is 5.92 Å². The predicted molar refractivity (Wildman–Crippen MR) is 126 cm³/mol. The Morgan fingerprint density at radius 2 is 1.97 bits per heavy atom. The first-order chi connectivity index (χ1) is 15.0. The highest BCUT2D eigenvalue weighted by Crippen LogP contribution is 2.33. The van der Waals surface area contributed by atoms with Gasteiger partial charge in [-0.05, 0) is 64.8 Å². The van der Waals surface area contributed by atoms with Crippen LogP contribution in [0.5, 0.6) is 0 Å². The molecular formula is C24H32ClN5O. The first-order valence-electron chi connectivity index (χ1n) is 11.3. The van der Waals surface area contributed by atoms with E-state index < -0.39 is 0 Å². The van der Waals surface area contributed by atoms with Gasteiger partial charge in [-0.3, -0.25) is 4.79 Å². The minimum atomic E-state index is 0.0866.